The lowest BCUT2D eigenvalue weighted by Crippen LogP contribution is -2.51. The molecule has 6 rings (SSSR count). The fourth-order valence-electron chi connectivity index (χ4n) is 6.34. The SMILES string of the molecule is O=C(OCC(=O)C12CC3CC(CC(C3)C1)C2)c1ccccc1COc1ccccc1. The number of esters is 1. The third-order valence-electron chi connectivity index (χ3n) is 7.34. The molecule has 0 amide bonds. The van der Waals surface area contributed by atoms with Crippen LogP contribution in [0.5, 0.6) is 5.75 Å². The van der Waals surface area contributed by atoms with Crippen molar-refractivity contribution in [1.29, 1.82) is 0 Å². The molecule has 156 valence electrons. The Bertz CT molecular complexity index is 898. The van der Waals surface area contributed by atoms with E-state index >= 15 is 0 Å². The average Bonchev–Trinajstić information content (AvgIpc) is 2.76. The van der Waals surface area contributed by atoms with Crippen molar-refractivity contribution in [2.45, 2.75) is 45.1 Å². The van der Waals surface area contributed by atoms with Gasteiger partial charge in [-0.05, 0) is 74.5 Å². The first-order valence-electron chi connectivity index (χ1n) is 11.1. The number of rotatable bonds is 7. The van der Waals surface area contributed by atoms with Gasteiger partial charge in [-0.1, -0.05) is 36.4 Å². The summed E-state index contributed by atoms with van der Waals surface area (Å²) in [7, 11) is 0. The van der Waals surface area contributed by atoms with Crippen molar-refractivity contribution in [2.75, 3.05) is 6.61 Å². The van der Waals surface area contributed by atoms with Crippen LogP contribution in [0.2, 0.25) is 0 Å². The van der Waals surface area contributed by atoms with Gasteiger partial charge < -0.3 is 9.47 Å². The van der Waals surface area contributed by atoms with Crippen LogP contribution in [-0.2, 0) is 16.1 Å². The summed E-state index contributed by atoms with van der Waals surface area (Å²) >= 11 is 0. The maximum Gasteiger partial charge on any atom is 0.338 e. The van der Waals surface area contributed by atoms with E-state index in [1.807, 2.05) is 48.5 Å². The maximum absolute atomic E-state index is 13.1. The molecule has 4 aliphatic rings. The Morgan fingerprint density at radius 3 is 2.10 bits per heavy atom. The summed E-state index contributed by atoms with van der Waals surface area (Å²) in [5.74, 6) is 2.54. The minimum atomic E-state index is -0.444. The molecule has 0 unspecified atom stereocenters. The van der Waals surface area contributed by atoms with E-state index in [9.17, 15) is 9.59 Å². The summed E-state index contributed by atoms with van der Waals surface area (Å²) < 4.78 is 11.3. The van der Waals surface area contributed by atoms with Gasteiger partial charge >= 0.3 is 5.97 Å². The first-order chi connectivity index (χ1) is 14.6. The Morgan fingerprint density at radius 1 is 0.833 bits per heavy atom. The van der Waals surface area contributed by atoms with Crippen LogP contribution in [-0.4, -0.2) is 18.4 Å². The molecule has 4 fully saturated rings. The second-order valence-electron chi connectivity index (χ2n) is 9.46. The molecule has 0 atom stereocenters. The quantitative estimate of drug-likeness (QED) is 0.595. The minimum absolute atomic E-state index is 0.112. The van der Waals surface area contributed by atoms with Crippen molar-refractivity contribution in [3.8, 4) is 5.75 Å². The molecule has 30 heavy (non-hydrogen) atoms. The number of carbonyl (C=O) groups excluding carboxylic acids is 2. The van der Waals surface area contributed by atoms with Crippen molar-refractivity contribution in [2.24, 2.45) is 23.2 Å². The summed E-state index contributed by atoms with van der Waals surface area (Å²) in [4.78, 5) is 25.9. The summed E-state index contributed by atoms with van der Waals surface area (Å²) in [5, 5.41) is 0. The van der Waals surface area contributed by atoms with Crippen LogP contribution in [0.15, 0.2) is 54.6 Å². The lowest BCUT2D eigenvalue weighted by atomic mass is 9.48. The first-order valence-corrected chi connectivity index (χ1v) is 11.1. The second kappa shape index (κ2) is 7.90. The highest BCUT2D eigenvalue weighted by atomic mass is 16.5. The Kier molecular flexibility index (Phi) is 5.10. The van der Waals surface area contributed by atoms with Gasteiger partial charge in [0, 0.05) is 11.0 Å². The van der Waals surface area contributed by atoms with Crippen LogP contribution in [0.25, 0.3) is 0 Å². The highest BCUT2D eigenvalue weighted by Gasteiger charge is 2.54. The van der Waals surface area contributed by atoms with Gasteiger partial charge in [0.05, 0.1) is 5.56 Å². The van der Waals surface area contributed by atoms with Crippen molar-refractivity contribution in [3.05, 3.63) is 65.7 Å². The molecule has 0 spiro atoms. The number of ether oxygens (including phenoxy) is 2. The van der Waals surface area contributed by atoms with Crippen LogP contribution in [0.3, 0.4) is 0 Å². The Morgan fingerprint density at radius 2 is 1.43 bits per heavy atom. The number of hydrogen-bond acceptors (Lipinski definition) is 4. The van der Waals surface area contributed by atoms with Crippen LogP contribution < -0.4 is 4.74 Å². The predicted octanol–water partition coefficient (Wildman–Crippen LogP) is 5.21. The van der Waals surface area contributed by atoms with Crippen LogP contribution in [0.1, 0.15) is 54.4 Å². The minimum Gasteiger partial charge on any atom is -0.489 e. The van der Waals surface area contributed by atoms with Gasteiger partial charge in [-0.3, -0.25) is 4.79 Å². The zero-order valence-corrected chi connectivity index (χ0v) is 17.2. The van der Waals surface area contributed by atoms with E-state index in [0.29, 0.717) is 23.3 Å². The first kappa shape index (κ1) is 19.3. The summed E-state index contributed by atoms with van der Waals surface area (Å²) in [6.07, 6.45) is 6.87. The van der Waals surface area contributed by atoms with Gasteiger partial charge in [0.1, 0.15) is 12.4 Å². The van der Waals surface area contributed by atoms with Gasteiger partial charge in [-0.2, -0.15) is 0 Å². The smallest absolute Gasteiger partial charge is 0.338 e. The van der Waals surface area contributed by atoms with Crippen LogP contribution in [0.4, 0.5) is 0 Å². The molecule has 4 bridgehead atoms. The zero-order chi connectivity index (χ0) is 20.6. The topological polar surface area (TPSA) is 52.6 Å². The van der Waals surface area contributed by atoms with E-state index in [1.165, 1.54) is 19.3 Å². The molecule has 2 aromatic carbocycles. The van der Waals surface area contributed by atoms with Crippen molar-refractivity contribution in [1.82, 2.24) is 0 Å². The molecule has 4 nitrogen and oxygen atoms in total. The number of para-hydroxylation sites is 1. The standard InChI is InChI=1S/C26H28O4/c27-24(26-13-18-10-19(14-26)12-20(11-18)15-26)17-30-25(28)23-9-5-4-6-21(23)16-29-22-7-2-1-3-8-22/h1-9,18-20H,10-17H2. The van der Waals surface area contributed by atoms with E-state index in [2.05, 4.69) is 0 Å². The fraction of sp³-hybridized carbons (Fsp3) is 0.462. The summed E-state index contributed by atoms with van der Waals surface area (Å²) in [6.45, 7) is 0.164. The Balaban J connectivity index is 1.22. The van der Waals surface area contributed by atoms with E-state index in [-0.39, 0.29) is 24.4 Å². The van der Waals surface area contributed by atoms with Gasteiger partial charge in [0.2, 0.25) is 0 Å². The third-order valence-corrected chi connectivity index (χ3v) is 7.34. The molecule has 0 heterocycles. The molecule has 2 aromatic rings. The van der Waals surface area contributed by atoms with Crippen LogP contribution in [0, 0.1) is 23.2 Å². The van der Waals surface area contributed by atoms with E-state index in [0.717, 1.165) is 30.6 Å². The number of carbonyl (C=O) groups is 2. The number of hydrogen-bond donors (Lipinski definition) is 0. The monoisotopic (exact) mass is 404 g/mol. The molecule has 0 N–H and O–H groups in total. The van der Waals surface area contributed by atoms with Crippen molar-refractivity contribution >= 4 is 11.8 Å². The Labute approximate surface area is 177 Å². The van der Waals surface area contributed by atoms with E-state index in [1.54, 1.807) is 6.07 Å². The number of Topliss-reactive ketones (excluding diaryl/α,β-unsaturated/α-hetero) is 1. The summed E-state index contributed by atoms with van der Waals surface area (Å²) in [6, 6.07) is 16.8. The van der Waals surface area contributed by atoms with Gasteiger partial charge in [0.25, 0.3) is 0 Å². The lowest BCUT2D eigenvalue weighted by molar-refractivity contribution is -0.147. The largest absolute Gasteiger partial charge is 0.489 e. The number of benzene rings is 2. The molecule has 0 saturated heterocycles. The van der Waals surface area contributed by atoms with E-state index < -0.39 is 5.97 Å². The predicted molar refractivity (Wildman–Crippen MR) is 113 cm³/mol. The normalized spacial score (nSPS) is 28.9. The van der Waals surface area contributed by atoms with Crippen molar-refractivity contribution in [3.63, 3.8) is 0 Å². The van der Waals surface area contributed by atoms with Crippen LogP contribution >= 0.6 is 0 Å². The molecule has 0 aromatic heterocycles. The van der Waals surface area contributed by atoms with E-state index in [4.69, 9.17) is 9.47 Å². The highest BCUT2D eigenvalue weighted by molar-refractivity contribution is 5.94. The molecular weight excluding hydrogens is 376 g/mol. The third kappa shape index (κ3) is 3.76. The average molecular weight is 405 g/mol. The second-order valence-corrected chi connectivity index (χ2v) is 9.46. The highest BCUT2D eigenvalue weighted by Crippen LogP contribution is 2.60. The summed E-state index contributed by atoms with van der Waals surface area (Å²) in [5.41, 5.74) is 0.991. The van der Waals surface area contributed by atoms with Gasteiger partial charge in [0.15, 0.2) is 12.4 Å². The Hall–Kier alpha value is -2.62. The molecule has 0 radical (unpaired) electrons. The van der Waals surface area contributed by atoms with Crippen molar-refractivity contribution < 1.29 is 19.1 Å². The number of ketones is 1. The molecule has 4 heteroatoms. The molecule has 4 saturated carbocycles. The molecular formula is C26H28O4. The maximum atomic E-state index is 13.1. The molecule has 0 aliphatic heterocycles. The zero-order valence-electron chi connectivity index (χ0n) is 17.2. The fourth-order valence-corrected chi connectivity index (χ4v) is 6.34. The molecule has 4 aliphatic carbocycles. The van der Waals surface area contributed by atoms with Gasteiger partial charge in [-0.25, -0.2) is 4.79 Å². The van der Waals surface area contributed by atoms with Gasteiger partial charge in [-0.15, -0.1) is 0 Å². The lowest BCUT2D eigenvalue weighted by Gasteiger charge is -2.55.